The number of carbonyl (C=O) groups is 3. The average molecular weight is 1300 g/mol. The zero-order valence-electron chi connectivity index (χ0n) is 59.9. The number of carboxylic acids is 1. The van der Waals surface area contributed by atoms with Gasteiger partial charge in [-0.1, -0.05) is 283 Å². The lowest BCUT2D eigenvalue weighted by molar-refractivity contribution is -0.870. The maximum atomic E-state index is 12.9. The summed E-state index contributed by atoms with van der Waals surface area (Å²) in [4.78, 5) is 37.5. The van der Waals surface area contributed by atoms with Crippen molar-refractivity contribution in [2.24, 2.45) is 0 Å². The van der Waals surface area contributed by atoms with Crippen LogP contribution in [0.2, 0.25) is 0 Å². The number of ether oxygens (including phenoxy) is 4. The van der Waals surface area contributed by atoms with Crippen molar-refractivity contribution in [3.05, 3.63) is 243 Å². The second-order valence-electron chi connectivity index (χ2n) is 24.1. The zero-order valence-corrected chi connectivity index (χ0v) is 59.9. The number of unbranched alkanes of at least 4 members (excludes halogenated alkanes) is 8. The van der Waals surface area contributed by atoms with Gasteiger partial charge in [-0.3, -0.25) is 9.59 Å². The number of carbonyl (C=O) groups excluding carboxylic acids is 3. The van der Waals surface area contributed by atoms with E-state index in [2.05, 4.69) is 257 Å². The molecule has 95 heavy (non-hydrogen) atoms. The van der Waals surface area contributed by atoms with Crippen LogP contribution in [0.4, 0.5) is 0 Å². The first-order valence-corrected chi connectivity index (χ1v) is 36.2. The van der Waals surface area contributed by atoms with E-state index in [0.29, 0.717) is 23.9 Å². The van der Waals surface area contributed by atoms with Gasteiger partial charge in [-0.15, -0.1) is 0 Å². The van der Waals surface area contributed by atoms with Gasteiger partial charge in [-0.25, -0.2) is 0 Å². The molecule has 9 nitrogen and oxygen atoms in total. The molecule has 0 spiro atoms. The molecular formula is C86H129NO8. The van der Waals surface area contributed by atoms with Crippen LogP contribution in [0.5, 0.6) is 0 Å². The zero-order chi connectivity index (χ0) is 69.0. The van der Waals surface area contributed by atoms with Crippen LogP contribution >= 0.6 is 0 Å². The molecule has 0 aliphatic heterocycles. The maximum Gasteiger partial charge on any atom is 0.306 e. The lowest BCUT2D eigenvalue weighted by Crippen LogP contribution is -2.44. The molecule has 0 aliphatic rings. The molecule has 0 heterocycles. The third kappa shape index (κ3) is 74.4. The highest BCUT2D eigenvalue weighted by Gasteiger charge is 2.22. The molecule has 2 unspecified atom stereocenters. The third-order valence-corrected chi connectivity index (χ3v) is 14.1. The van der Waals surface area contributed by atoms with Crippen LogP contribution in [-0.4, -0.2) is 82.3 Å². The van der Waals surface area contributed by atoms with Crippen molar-refractivity contribution in [2.45, 2.75) is 232 Å². The smallest absolute Gasteiger partial charge is 0.306 e. The van der Waals surface area contributed by atoms with Crippen LogP contribution in [0.1, 0.15) is 219 Å². The summed E-state index contributed by atoms with van der Waals surface area (Å²) in [5.74, 6) is -2.39. The van der Waals surface area contributed by atoms with Crippen LogP contribution in [0.3, 0.4) is 0 Å². The second-order valence-corrected chi connectivity index (χ2v) is 24.1. The van der Waals surface area contributed by atoms with Crippen molar-refractivity contribution < 1.29 is 42.9 Å². The maximum absolute atomic E-state index is 12.9. The minimum Gasteiger partial charge on any atom is -0.545 e. The molecule has 0 saturated carbocycles. The molecule has 0 bridgehead atoms. The highest BCUT2D eigenvalue weighted by molar-refractivity contribution is 5.70. The van der Waals surface area contributed by atoms with E-state index in [1.54, 1.807) is 0 Å². The molecule has 2 atom stereocenters. The summed E-state index contributed by atoms with van der Waals surface area (Å²) < 4.78 is 22.7. The largest absolute Gasteiger partial charge is 0.545 e. The Kier molecular flexibility index (Phi) is 67.6. The fourth-order valence-electron chi connectivity index (χ4n) is 8.65. The Labute approximate surface area is 580 Å². The minimum absolute atomic E-state index is 0.123. The fraction of sp³-hybridized carbons (Fsp3) is 0.500. The quantitative estimate of drug-likeness (QED) is 0.0195. The van der Waals surface area contributed by atoms with E-state index < -0.39 is 30.3 Å². The molecule has 0 aromatic carbocycles. The molecule has 0 aliphatic carbocycles. The lowest BCUT2D eigenvalue weighted by atomic mass is 10.1. The molecule has 0 fully saturated rings. The molecule has 0 amide bonds. The molecular weight excluding hydrogens is 1170 g/mol. The molecule has 0 N–H and O–H groups in total. The van der Waals surface area contributed by atoms with Gasteiger partial charge in [0.1, 0.15) is 13.2 Å². The van der Waals surface area contributed by atoms with Crippen LogP contribution in [-0.2, 0) is 33.3 Å². The van der Waals surface area contributed by atoms with Gasteiger partial charge in [0.25, 0.3) is 0 Å². The number of hydrogen-bond donors (Lipinski definition) is 0. The molecule has 0 aromatic heterocycles. The van der Waals surface area contributed by atoms with Crippen molar-refractivity contribution in [1.82, 2.24) is 0 Å². The number of esters is 2. The summed E-state index contributed by atoms with van der Waals surface area (Å²) in [5.41, 5.74) is 0. The highest BCUT2D eigenvalue weighted by Crippen LogP contribution is 2.12. The number of likely N-dealkylation sites (N-methyl/N-ethyl adjacent to an activating group) is 1. The Morgan fingerprint density at radius 2 is 0.568 bits per heavy atom. The Bertz CT molecular complexity index is 2470. The molecule has 526 valence electrons. The van der Waals surface area contributed by atoms with E-state index in [-0.39, 0.29) is 32.7 Å². The highest BCUT2D eigenvalue weighted by atomic mass is 16.7. The van der Waals surface area contributed by atoms with E-state index in [1.165, 1.54) is 0 Å². The predicted molar refractivity (Wildman–Crippen MR) is 406 cm³/mol. The SMILES string of the molecule is CC/C=C\C/C=C\C/C=C\C/C=C\C/C=C\C/C=C\C/C=C\C/C=C\C/C=C\C/C=C\C/C=C\CCCCCCCC(=O)OC(COC(=O)CCCCC/C=C\C/C=C\C/C=C\C/C=C\C/C=C\C/C=C\C/C=C\C/C=C\C/C=C\CC)COC(OCC[N+](C)(C)C)C(=O)[O-]. The van der Waals surface area contributed by atoms with Crippen LogP contribution in [0, 0.1) is 0 Å². The first-order valence-electron chi connectivity index (χ1n) is 36.2. The van der Waals surface area contributed by atoms with E-state index in [0.717, 1.165) is 180 Å². The Morgan fingerprint density at radius 1 is 0.316 bits per heavy atom. The first kappa shape index (κ1) is 88.1. The van der Waals surface area contributed by atoms with Crippen molar-refractivity contribution in [1.29, 1.82) is 0 Å². The molecule has 0 rings (SSSR count). The van der Waals surface area contributed by atoms with E-state index in [1.807, 2.05) is 21.1 Å². The van der Waals surface area contributed by atoms with E-state index in [9.17, 15) is 19.5 Å². The molecule has 0 aromatic rings. The van der Waals surface area contributed by atoms with Crippen molar-refractivity contribution in [2.75, 3.05) is 47.5 Å². The summed E-state index contributed by atoms with van der Waals surface area (Å²) in [7, 11) is 5.89. The number of hydrogen-bond acceptors (Lipinski definition) is 8. The summed E-state index contributed by atoms with van der Waals surface area (Å²) in [5, 5.41) is 11.8. The minimum atomic E-state index is -1.65. The summed E-state index contributed by atoms with van der Waals surface area (Å²) in [6.45, 7) is 4.41. The van der Waals surface area contributed by atoms with Crippen LogP contribution in [0.25, 0.3) is 0 Å². The van der Waals surface area contributed by atoms with Gasteiger partial charge in [-0.2, -0.15) is 0 Å². The standard InChI is InChI=1S/C86H129NO8/c1-6-8-10-12-14-16-18-20-22-24-26-28-30-32-34-36-38-39-40-41-42-43-44-45-47-49-51-53-55-57-59-61-63-65-67-69-71-73-75-77-84(89)95-82(81-94-86(85(90)91)92-79-78-87(3,4)5)80-93-83(88)76-74-72-70-68-66-64-62-60-58-56-54-52-50-48-46-37-35-33-31-29-27-25-23-21-19-17-15-13-11-9-7-2/h8-11,14-17,20-23,26-29,32-35,38-39,41-42,44-46,48-49,51-52,54-55,57-58,60-61,63-64,66,82,86H,6-7,12-13,18-19,24-25,30-31,36-37,40,43,47,50,53,56,59,62,65,67-81H2,1-5H3/b10-8-,11-9-,16-14-,17-15-,22-20-,23-21-,28-26-,29-27-,34-32-,35-33-,39-38-,42-41-,45-44-,48-46-,51-49-,54-52-,57-55-,60-58-,63-61-,66-64-. The van der Waals surface area contributed by atoms with Crippen molar-refractivity contribution in [3.8, 4) is 0 Å². The molecule has 0 radical (unpaired) electrons. The van der Waals surface area contributed by atoms with Crippen molar-refractivity contribution in [3.63, 3.8) is 0 Å². The number of rotatable bonds is 63. The molecule has 0 saturated heterocycles. The Hall–Kier alpha value is -6.91. The lowest BCUT2D eigenvalue weighted by Gasteiger charge is -2.26. The van der Waals surface area contributed by atoms with Gasteiger partial charge in [0, 0.05) is 12.8 Å². The Morgan fingerprint density at radius 3 is 0.853 bits per heavy atom. The number of nitrogens with zero attached hydrogens (tertiary/aromatic N) is 1. The second kappa shape index (κ2) is 72.9. The number of aliphatic carboxylic acids is 1. The monoisotopic (exact) mass is 1300 g/mol. The summed E-state index contributed by atoms with van der Waals surface area (Å²) in [6.07, 6.45) is 115. The predicted octanol–water partition coefficient (Wildman–Crippen LogP) is 21.9. The van der Waals surface area contributed by atoms with Gasteiger partial charge in [0.15, 0.2) is 12.4 Å². The topological polar surface area (TPSA) is 111 Å². The number of carboxylic acid groups (broad SMARTS) is 1. The van der Waals surface area contributed by atoms with Crippen LogP contribution in [0.15, 0.2) is 243 Å². The third-order valence-electron chi connectivity index (χ3n) is 14.1. The average Bonchev–Trinajstić information content (AvgIpc) is 2.92. The van der Waals surface area contributed by atoms with E-state index >= 15 is 0 Å². The number of allylic oxidation sites excluding steroid dienone is 40. The van der Waals surface area contributed by atoms with Gasteiger partial charge in [0.2, 0.25) is 0 Å². The normalized spacial score (nSPS) is 14.2. The summed E-state index contributed by atoms with van der Waals surface area (Å²) >= 11 is 0. The van der Waals surface area contributed by atoms with Gasteiger partial charge in [-0.05, 0) is 167 Å². The van der Waals surface area contributed by atoms with E-state index in [4.69, 9.17) is 18.9 Å². The molecule has 9 heteroatoms. The summed E-state index contributed by atoms with van der Waals surface area (Å²) in [6, 6.07) is 0. The van der Waals surface area contributed by atoms with Gasteiger partial charge >= 0.3 is 11.9 Å². The first-order chi connectivity index (χ1) is 46.6. The number of quaternary nitrogens is 1. The van der Waals surface area contributed by atoms with Crippen molar-refractivity contribution >= 4 is 17.9 Å². The van der Waals surface area contributed by atoms with Gasteiger partial charge in [0.05, 0.1) is 40.3 Å². The Balaban J connectivity index is 4.33. The van der Waals surface area contributed by atoms with Crippen LogP contribution < -0.4 is 5.11 Å². The fourth-order valence-corrected chi connectivity index (χ4v) is 8.65. The van der Waals surface area contributed by atoms with Gasteiger partial charge < -0.3 is 33.3 Å².